The second kappa shape index (κ2) is 7.24. The van der Waals surface area contributed by atoms with Crippen molar-refractivity contribution in [2.24, 2.45) is 10.8 Å². The first-order valence-corrected chi connectivity index (χ1v) is 5.23. The summed E-state index contributed by atoms with van der Waals surface area (Å²) in [5.74, 6) is 5.83. The molecule has 0 amide bonds. The number of hydrogen-bond acceptors (Lipinski definition) is 3. The topological polar surface area (TPSA) is 62.4 Å². The van der Waals surface area contributed by atoms with Crippen molar-refractivity contribution in [3.63, 3.8) is 0 Å². The first-order chi connectivity index (χ1) is 5.74. The Morgan fingerprint density at radius 3 is 2.75 bits per heavy atom. The van der Waals surface area contributed by atoms with Crippen molar-refractivity contribution in [2.75, 3.05) is 19.8 Å². The van der Waals surface area contributed by atoms with Gasteiger partial charge in [0.1, 0.15) is 0 Å². The van der Waals surface area contributed by atoms with E-state index in [0.717, 1.165) is 13.0 Å². The Labute approximate surface area is 78.4 Å². The Balaban J connectivity index is 3.42. The van der Waals surface area contributed by atoms with Crippen LogP contribution in [0.1, 0.15) is 13.3 Å². The van der Waals surface area contributed by atoms with Gasteiger partial charge in [0.15, 0.2) is 0 Å². The summed E-state index contributed by atoms with van der Waals surface area (Å²) in [4.78, 5) is 3.89. The standard InChI is InChI=1S/C7H18N4S/c1-6(12-3)4-5-10-7(9-2)11-8/h6H,4-5,8H2,1-3H3,(H2,9,10,11). The summed E-state index contributed by atoms with van der Waals surface area (Å²) in [5, 5.41) is 3.76. The highest BCUT2D eigenvalue weighted by Gasteiger charge is 1.98. The lowest BCUT2D eigenvalue weighted by atomic mass is 10.3. The summed E-state index contributed by atoms with van der Waals surface area (Å²) < 4.78 is 0. The smallest absolute Gasteiger partial charge is 0.205 e. The van der Waals surface area contributed by atoms with Crippen molar-refractivity contribution in [3.05, 3.63) is 0 Å². The minimum atomic E-state index is 0.642. The summed E-state index contributed by atoms with van der Waals surface area (Å²) in [5.41, 5.74) is 2.48. The zero-order chi connectivity index (χ0) is 9.40. The van der Waals surface area contributed by atoms with Crippen LogP contribution in [-0.2, 0) is 0 Å². The van der Waals surface area contributed by atoms with E-state index in [1.807, 2.05) is 11.8 Å². The van der Waals surface area contributed by atoms with Crippen LogP contribution >= 0.6 is 11.8 Å². The summed E-state index contributed by atoms with van der Waals surface area (Å²) in [6, 6.07) is 0. The second-order valence-electron chi connectivity index (χ2n) is 2.48. The van der Waals surface area contributed by atoms with Gasteiger partial charge in [-0.05, 0) is 12.7 Å². The molecule has 0 radical (unpaired) electrons. The van der Waals surface area contributed by atoms with E-state index >= 15 is 0 Å². The van der Waals surface area contributed by atoms with Crippen molar-refractivity contribution >= 4 is 17.7 Å². The van der Waals surface area contributed by atoms with E-state index in [2.05, 4.69) is 28.9 Å². The largest absolute Gasteiger partial charge is 0.355 e. The van der Waals surface area contributed by atoms with Gasteiger partial charge in [-0.15, -0.1) is 0 Å². The number of hydrogen-bond donors (Lipinski definition) is 3. The molecular weight excluding hydrogens is 172 g/mol. The highest BCUT2D eigenvalue weighted by Crippen LogP contribution is 2.07. The van der Waals surface area contributed by atoms with Gasteiger partial charge < -0.3 is 5.32 Å². The normalized spacial score (nSPS) is 14.2. The van der Waals surface area contributed by atoms with Gasteiger partial charge in [-0.3, -0.25) is 10.4 Å². The van der Waals surface area contributed by atoms with Crippen LogP contribution in [0.15, 0.2) is 4.99 Å². The molecule has 5 heteroatoms. The molecule has 0 saturated heterocycles. The van der Waals surface area contributed by atoms with Gasteiger partial charge in [0.2, 0.25) is 5.96 Å². The Hall–Kier alpha value is -0.420. The molecular formula is C7H18N4S. The molecule has 0 aliphatic carbocycles. The molecule has 0 aromatic heterocycles. The molecule has 1 unspecified atom stereocenters. The molecule has 0 aromatic rings. The molecule has 72 valence electrons. The summed E-state index contributed by atoms with van der Waals surface area (Å²) >= 11 is 1.86. The van der Waals surface area contributed by atoms with Crippen LogP contribution in [-0.4, -0.2) is 31.1 Å². The van der Waals surface area contributed by atoms with Crippen LogP contribution in [0.5, 0.6) is 0 Å². The first kappa shape index (κ1) is 11.6. The summed E-state index contributed by atoms with van der Waals surface area (Å²) in [7, 11) is 1.69. The van der Waals surface area contributed by atoms with Crippen LogP contribution < -0.4 is 16.6 Å². The highest BCUT2D eigenvalue weighted by molar-refractivity contribution is 7.99. The van der Waals surface area contributed by atoms with Crippen LogP contribution in [0.25, 0.3) is 0 Å². The minimum absolute atomic E-state index is 0.642. The summed E-state index contributed by atoms with van der Waals surface area (Å²) in [6.45, 7) is 3.10. The highest BCUT2D eigenvalue weighted by atomic mass is 32.2. The molecule has 0 spiro atoms. The maximum absolute atomic E-state index is 5.18. The van der Waals surface area contributed by atoms with Gasteiger partial charge in [-0.1, -0.05) is 6.92 Å². The van der Waals surface area contributed by atoms with Crippen LogP contribution in [0.4, 0.5) is 0 Å². The van der Waals surface area contributed by atoms with Crippen LogP contribution in [0, 0.1) is 0 Å². The number of nitrogens with one attached hydrogen (secondary N) is 2. The number of nitrogens with two attached hydrogens (primary N) is 1. The zero-order valence-electron chi connectivity index (χ0n) is 7.92. The zero-order valence-corrected chi connectivity index (χ0v) is 8.74. The fourth-order valence-electron chi connectivity index (χ4n) is 0.706. The van der Waals surface area contributed by atoms with Gasteiger partial charge in [0.25, 0.3) is 0 Å². The molecule has 0 saturated carbocycles. The number of aliphatic imine (C=N–C) groups is 1. The minimum Gasteiger partial charge on any atom is -0.355 e. The monoisotopic (exact) mass is 190 g/mol. The number of guanidine groups is 1. The molecule has 0 aliphatic heterocycles. The fourth-order valence-corrected chi connectivity index (χ4v) is 1.06. The molecule has 0 fully saturated rings. The lowest BCUT2D eigenvalue weighted by Crippen LogP contribution is -2.42. The second-order valence-corrected chi connectivity index (χ2v) is 3.75. The number of nitrogens with zero attached hydrogens (tertiary/aromatic N) is 1. The molecule has 4 nitrogen and oxygen atoms in total. The van der Waals surface area contributed by atoms with E-state index in [0.29, 0.717) is 11.2 Å². The number of rotatable bonds is 4. The first-order valence-electron chi connectivity index (χ1n) is 3.94. The SMILES string of the molecule is CN=C(NN)NCCC(C)SC. The van der Waals surface area contributed by atoms with E-state index in [-0.39, 0.29) is 0 Å². The van der Waals surface area contributed by atoms with Crippen LogP contribution in [0.2, 0.25) is 0 Å². The lowest BCUT2D eigenvalue weighted by Gasteiger charge is -2.10. The Morgan fingerprint density at radius 2 is 2.33 bits per heavy atom. The van der Waals surface area contributed by atoms with Crippen molar-refractivity contribution in [1.29, 1.82) is 0 Å². The van der Waals surface area contributed by atoms with Gasteiger partial charge in [-0.2, -0.15) is 11.8 Å². The third-order valence-corrected chi connectivity index (χ3v) is 2.65. The predicted octanol–water partition coefficient (Wildman–Crippen LogP) is 0.167. The summed E-state index contributed by atoms with van der Waals surface area (Å²) in [6.07, 6.45) is 3.22. The fraction of sp³-hybridized carbons (Fsp3) is 0.857. The predicted molar refractivity (Wildman–Crippen MR) is 56.3 cm³/mol. The van der Waals surface area contributed by atoms with Crippen LogP contribution in [0.3, 0.4) is 0 Å². The van der Waals surface area contributed by atoms with Gasteiger partial charge in [-0.25, -0.2) is 5.84 Å². The van der Waals surface area contributed by atoms with Crippen molar-refractivity contribution < 1.29 is 0 Å². The lowest BCUT2D eigenvalue weighted by molar-refractivity contribution is 0.747. The van der Waals surface area contributed by atoms with Gasteiger partial charge in [0, 0.05) is 18.8 Å². The quantitative estimate of drug-likeness (QED) is 0.256. The van der Waals surface area contributed by atoms with E-state index in [1.165, 1.54) is 0 Å². The molecule has 0 bridgehead atoms. The molecule has 0 aliphatic rings. The molecule has 0 aromatic carbocycles. The number of thioether (sulfide) groups is 1. The average molecular weight is 190 g/mol. The molecule has 0 heterocycles. The van der Waals surface area contributed by atoms with E-state index in [1.54, 1.807) is 7.05 Å². The third-order valence-electron chi connectivity index (χ3n) is 1.61. The molecule has 0 rings (SSSR count). The maximum atomic E-state index is 5.18. The van der Waals surface area contributed by atoms with Gasteiger partial charge in [0.05, 0.1) is 0 Å². The van der Waals surface area contributed by atoms with Crippen molar-refractivity contribution in [2.45, 2.75) is 18.6 Å². The number of hydrazine groups is 1. The Morgan fingerprint density at radius 1 is 1.67 bits per heavy atom. The molecule has 12 heavy (non-hydrogen) atoms. The Kier molecular flexibility index (Phi) is 6.99. The Bertz CT molecular complexity index is 137. The van der Waals surface area contributed by atoms with Gasteiger partial charge >= 0.3 is 0 Å². The van der Waals surface area contributed by atoms with E-state index in [9.17, 15) is 0 Å². The molecule has 1 atom stereocenters. The van der Waals surface area contributed by atoms with E-state index in [4.69, 9.17) is 5.84 Å². The molecule has 4 N–H and O–H groups in total. The van der Waals surface area contributed by atoms with E-state index < -0.39 is 0 Å². The third kappa shape index (κ3) is 5.26. The maximum Gasteiger partial charge on any atom is 0.205 e. The van der Waals surface area contributed by atoms with Crippen molar-refractivity contribution in [3.8, 4) is 0 Å². The van der Waals surface area contributed by atoms with Crippen molar-refractivity contribution in [1.82, 2.24) is 10.7 Å². The average Bonchev–Trinajstić information content (AvgIpc) is 2.12.